The molecule has 1 N–H and O–H groups in total. The number of aliphatic hydroxyl groups excluding tert-OH is 1. The Hall–Kier alpha value is -1.24. The first kappa shape index (κ1) is 12.2. The van der Waals surface area contributed by atoms with Gasteiger partial charge in [0, 0.05) is 5.56 Å². The molecule has 0 aliphatic carbocycles. The van der Waals surface area contributed by atoms with Crippen LogP contribution in [0.1, 0.15) is 12.5 Å². The quantitative estimate of drug-likeness (QED) is 0.661. The van der Waals surface area contributed by atoms with Crippen molar-refractivity contribution >= 4 is 34.1 Å². The Labute approximate surface area is 112 Å². The number of carbonyl (C=O) groups excluding carboxylic acids is 1. The number of hydrogen-bond acceptors (Lipinski definition) is 4. The van der Waals surface area contributed by atoms with E-state index in [4.69, 9.17) is 9.47 Å². The van der Waals surface area contributed by atoms with Crippen LogP contribution in [-0.2, 0) is 9.53 Å². The summed E-state index contributed by atoms with van der Waals surface area (Å²) in [7, 11) is 0. The fourth-order valence-electron chi connectivity index (χ4n) is 1.65. The normalized spacial score (nSPS) is 14.0. The molecule has 0 radical (unpaired) electrons. The molecule has 0 saturated carbocycles. The molecular weight excluding hydrogens is 335 g/mol. The molecule has 0 aromatic heterocycles. The van der Waals surface area contributed by atoms with Crippen molar-refractivity contribution in [1.29, 1.82) is 0 Å². The first-order valence-electron chi connectivity index (χ1n) is 5.16. The van der Waals surface area contributed by atoms with Gasteiger partial charge in [-0.2, -0.15) is 0 Å². The Morgan fingerprint density at radius 3 is 3.06 bits per heavy atom. The van der Waals surface area contributed by atoms with Crippen molar-refractivity contribution in [1.82, 2.24) is 0 Å². The van der Waals surface area contributed by atoms with Crippen LogP contribution >= 0.6 is 22.6 Å². The lowest BCUT2D eigenvalue weighted by Crippen LogP contribution is -2.18. The molecule has 4 nitrogen and oxygen atoms in total. The van der Waals surface area contributed by atoms with Crippen molar-refractivity contribution in [2.24, 2.45) is 0 Å². The van der Waals surface area contributed by atoms with Gasteiger partial charge in [-0.05, 0) is 35.6 Å². The zero-order chi connectivity index (χ0) is 12.4. The third kappa shape index (κ3) is 2.24. The molecule has 0 bridgehead atoms. The van der Waals surface area contributed by atoms with Gasteiger partial charge in [-0.3, -0.25) is 0 Å². The van der Waals surface area contributed by atoms with Crippen molar-refractivity contribution in [2.45, 2.75) is 6.92 Å². The minimum Gasteiger partial charge on any atom is -0.508 e. The van der Waals surface area contributed by atoms with Crippen molar-refractivity contribution in [3.05, 3.63) is 33.1 Å². The summed E-state index contributed by atoms with van der Waals surface area (Å²) in [5.74, 6) is 0.0171. The fraction of sp³-hybridized carbons (Fsp3) is 0.250. The molecule has 1 aromatic carbocycles. The lowest BCUT2D eigenvalue weighted by molar-refractivity contribution is -0.136. The topological polar surface area (TPSA) is 55.8 Å². The van der Waals surface area contributed by atoms with Crippen molar-refractivity contribution in [3.8, 4) is 5.75 Å². The third-order valence-electron chi connectivity index (χ3n) is 2.36. The molecule has 0 atom stereocenters. The molecule has 2 rings (SSSR count). The van der Waals surface area contributed by atoms with Gasteiger partial charge in [-0.15, -0.1) is 0 Å². The molecular formula is C12H11IO4. The van der Waals surface area contributed by atoms with E-state index in [2.05, 4.69) is 22.6 Å². The summed E-state index contributed by atoms with van der Waals surface area (Å²) < 4.78 is 11.2. The summed E-state index contributed by atoms with van der Waals surface area (Å²) in [6.45, 7) is 2.00. The first-order chi connectivity index (χ1) is 8.15. The van der Waals surface area contributed by atoms with Gasteiger partial charge in [0.15, 0.2) is 0 Å². The number of halogens is 1. The minimum absolute atomic E-state index is 0.00115. The van der Waals surface area contributed by atoms with Crippen LogP contribution in [0.3, 0.4) is 0 Å². The van der Waals surface area contributed by atoms with Gasteiger partial charge in [-0.25, -0.2) is 4.79 Å². The molecule has 90 valence electrons. The largest absolute Gasteiger partial charge is 0.508 e. The summed E-state index contributed by atoms with van der Waals surface area (Å²) in [5.41, 5.74) is 0.783. The monoisotopic (exact) mass is 346 g/mol. The van der Waals surface area contributed by atoms with E-state index >= 15 is 0 Å². The van der Waals surface area contributed by atoms with E-state index in [-0.39, 0.29) is 24.5 Å². The smallest absolute Gasteiger partial charge is 0.342 e. The van der Waals surface area contributed by atoms with Gasteiger partial charge in [0.05, 0.1) is 10.2 Å². The van der Waals surface area contributed by atoms with Crippen LogP contribution in [0.15, 0.2) is 24.0 Å². The highest BCUT2D eigenvalue weighted by Gasteiger charge is 2.27. The third-order valence-corrected chi connectivity index (χ3v) is 3.21. The van der Waals surface area contributed by atoms with E-state index in [0.717, 1.165) is 3.57 Å². The summed E-state index contributed by atoms with van der Waals surface area (Å²) in [4.78, 5) is 11.8. The maximum absolute atomic E-state index is 11.8. The standard InChI is InChI=1S/C12H11IO4/c1-2-16-12(15)10-7-4-3-5-8(13)11(7)17-6-9(10)14/h3-5,14H,2,6H2,1H3. The fourth-order valence-corrected chi connectivity index (χ4v) is 2.31. The Morgan fingerprint density at radius 1 is 1.59 bits per heavy atom. The average molecular weight is 346 g/mol. The molecule has 0 unspecified atom stereocenters. The van der Waals surface area contributed by atoms with Crippen LogP contribution in [0.25, 0.3) is 5.57 Å². The summed E-state index contributed by atoms with van der Waals surface area (Å²) in [6, 6.07) is 5.42. The number of ether oxygens (including phenoxy) is 2. The highest BCUT2D eigenvalue weighted by molar-refractivity contribution is 14.1. The number of para-hydroxylation sites is 1. The molecule has 1 heterocycles. The number of carbonyl (C=O) groups is 1. The van der Waals surface area contributed by atoms with Gasteiger partial charge in [-0.1, -0.05) is 12.1 Å². The van der Waals surface area contributed by atoms with Gasteiger partial charge in [0.25, 0.3) is 0 Å². The van der Waals surface area contributed by atoms with E-state index in [9.17, 15) is 9.90 Å². The Balaban J connectivity index is 2.51. The zero-order valence-electron chi connectivity index (χ0n) is 9.20. The SMILES string of the molecule is CCOC(=O)C1=C(O)COc2c(I)cccc21. The second-order valence-electron chi connectivity index (χ2n) is 3.45. The van der Waals surface area contributed by atoms with Gasteiger partial charge in [0.1, 0.15) is 23.7 Å². The molecule has 0 amide bonds. The maximum Gasteiger partial charge on any atom is 0.342 e. The summed E-state index contributed by atoms with van der Waals surface area (Å²) in [5, 5.41) is 9.75. The molecule has 0 spiro atoms. The van der Waals surface area contributed by atoms with Crippen LogP contribution in [0, 0.1) is 3.57 Å². The van der Waals surface area contributed by atoms with Crippen LogP contribution in [0.2, 0.25) is 0 Å². The van der Waals surface area contributed by atoms with Crippen molar-refractivity contribution < 1.29 is 19.4 Å². The number of aliphatic hydroxyl groups is 1. The predicted molar refractivity (Wildman–Crippen MR) is 70.8 cm³/mol. The highest BCUT2D eigenvalue weighted by atomic mass is 127. The Bertz CT molecular complexity index is 493. The zero-order valence-corrected chi connectivity index (χ0v) is 11.4. The second kappa shape index (κ2) is 4.95. The number of fused-ring (bicyclic) bond motifs is 1. The number of esters is 1. The highest BCUT2D eigenvalue weighted by Crippen LogP contribution is 2.36. The summed E-state index contributed by atoms with van der Waals surface area (Å²) in [6.07, 6.45) is 0. The van der Waals surface area contributed by atoms with Crippen LogP contribution in [0.5, 0.6) is 5.75 Å². The van der Waals surface area contributed by atoms with E-state index in [0.29, 0.717) is 11.3 Å². The van der Waals surface area contributed by atoms with E-state index in [1.165, 1.54) is 0 Å². The second-order valence-corrected chi connectivity index (χ2v) is 4.61. The molecule has 1 aliphatic heterocycles. The maximum atomic E-state index is 11.8. The number of rotatable bonds is 2. The number of benzene rings is 1. The molecule has 0 saturated heterocycles. The van der Waals surface area contributed by atoms with E-state index < -0.39 is 5.97 Å². The molecule has 1 aromatic rings. The van der Waals surface area contributed by atoms with Gasteiger partial charge >= 0.3 is 5.97 Å². The van der Waals surface area contributed by atoms with Gasteiger partial charge in [0.2, 0.25) is 0 Å². The Morgan fingerprint density at radius 2 is 2.35 bits per heavy atom. The van der Waals surface area contributed by atoms with Crippen LogP contribution in [0.4, 0.5) is 0 Å². The average Bonchev–Trinajstić information content (AvgIpc) is 2.29. The minimum atomic E-state index is -0.517. The first-order valence-corrected chi connectivity index (χ1v) is 6.24. The molecule has 5 heteroatoms. The lowest BCUT2D eigenvalue weighted by Gasteiger charge is -2.20. The van der Waals surface area contributed by atoms with E-state index in [1.54, 1.807) is 13.0 Å². The molecule has 1 aliphatic rings. The van der Waals surface area contributed by atoms with Crippen LogP contribution in [-0.4, -0.2) is 24.3 Å². The number of hydrogen-bond donors (Lipinski definition) is 1. The molecule has 17 heavy (non-hydrogen) atoms. The van der Waals surface area contributed by atoms with Crippen molar-refractivity contribution in [2.75, 3.05) is 13.2 Å². The Kier molecular flexibility index (Phi) is 3.56. The van der Waals surface area contributed by atoms with Crippen LogP contribution < -0.4 is 4.74 Å². The lowest BCUT2D eigenvalue weighted by atomic mass is 10.0. The summed E-state index contributed by atoms with van der Waals surface area (Å²) >= 11 is 2.12. The van der Waals surface area contributed by atoms with E-state index in [1.807, 2.05) is 12.1 Å². The predicted octanol–water partition coefficient (Wildman–Crippen LogP) is 2.52. The molecule has 0 fully saturated rings. The van der Waals surface area contributed by atoms with Gasteiger partial charge < -0.3 is 14.6 Å². The van der Waals surface area contributed by atoms with Crippen molar-refractivity contribution in [3.63, 3.8) is 0 Å².